The quantitative estimate of drug-likeness (QED) is 0.796. The summed E-state index contributed by atoms with van der Waals surface area (Å²) < 4.78 is 0. The molecule has 0 radical (unpaired) electrons. The molecule has 128 valence electrons. The number of aliphatic hydroxyl groups excluding tert-OH is 1. The lowest BCUT2D eigenvalue weighted by atomic mass is 9.94. The van der Waals surface area contributed by atoms with E-state index in [1.54, 1.807) is 0 Å². The Morgan fingerprint density at radius 1 is 1.27 bits per heavy atom. The van der Waals surface area contributed by atoms with Crippen LogP contribution < -0.4 is 0 Å². The number of carbonyl (C=O) groups excluding carboxylic acids is 1. The number of carbonyl (C=O) groups is 1. The third-order valence-corrected chi connectivity index (χ3v) is 5.31. The summed E-state index contributed by atoms with van der Waals surface area (Å²) in [6.45, 7) is 9.61. The van der Waals surface area contributed by atoms with E-state index in [4.69, 9.17) is 5.11 Å². The molecule has 5 nitrogen and oxygen atoms in total. The van der Waals surface area contributed by atoms with Gasteiger partial charge in [-0.25, -0.2) is 0 Å². The van der Waals surface area contributed by atoms with E-state index in [0.29, 0.717) is 23.9 Å². The fourth-order valence-electron chi connectivity index (χ4n) is 3.84. The van der Waals surface area contributed by atoms with Crippen molar-refractivity contribution in [3.8, 4) is 0 Å². The summed E-state index contributed by atoms with van der Waals surface area (Å²) in [5, 5.41) is 9.04. The Balaban J connectivity index is 1.75. The van der Waals surface area contributed by atoms with Crippen molar-refractivity contribution in [2.75, 3.05) is 46.4 Å². The van der Waals surface area contributed by atoms with E-state index in [-0.39, 0.29) is 6.61 Å². The molecule has 0 aromatic carbocycles. The van der Waals surface area contributed by atoms with Gasteiger partial charge in [-0.3, -0.25) is 4.79 Å². The first-order chi connectivity index (χ1) is 10.5. The lowest BCUT2D eigenvalue weighted by Gasteiger charge is -2.41. The molecule has 2 aliphatic rings. The zero-order chi connectivity index (χ0) is 16.1. The largest absolute Gasteiger partial charge is 0.395 e. The Bertz CT molecular complexity index is 354. The van der Waals surface area contributed by atoms with E-state index in [1.165, 1.54) is 12.8 Å². The molecular formula is C17H33N3O2. The average Bonchev–Trinajstić information content (AvgIpc) is 2.50. The highest BCUT2D eigenvalue weighted by Gasteiger charge is 2.30. The Kier molecular flexibility index (Phi) is 6.66. The van der Waals surface area contributed by atoms with E-state index in [1.807, 2.05) is 0 Å². The lowest BCUT2D eigenvalue weighted by molar-refractivity contribution is -0.137. The van der Waals surface area contributed by atoms with Gasteiger partial charge in [-0.2, -0.15) is 0 Å². The number of rotatable bonds is 6. The van der Waals surface area contributed by atoms with Gasteiger partial charge in [0.2, 0.25) is 5.91 Å². The minimum Gasteiger partial charge on any atom is -0.395 e. The smallest absolute Gasteiger partial charge is 0.222 e. The molecule has 2 fully saturated rings. The summed E-state index contributed by atoms with van der Waals surface area (Å²) in [5.41, 5.74) is 0. The molecule has 1 unspecified atom stereocenters. The highest BCUT2D eigenvalue weighted by Crippen LogP contribution is 2.23. The molecule has 0 aromatic rings. The van der Waals surface area contributed by atoms with Gasteiger partial charge in [0.1, 0.15) is 0 Å². The minimum atomic E-state index is 0.248. The third kappa shape index (κ3) is 4.67. The van der Waals surface area contributed by atoms with Gasteiger partial charge in [0.05, 0.1) is 6.61 Å². The maximum atomic E-state index is 11.9. The molecule has 2 saturated heterocycles. The minimum absolute atomic E-state index is 0.248. The van der Waals surface area contributed by atoms with Crippen LogP contribution in [0.1, 0.15) is 39.5 Å². The number of hydrogen-bond donors (Lipinski definition) is 1. The summed E-state index contributed by atoms with van der Waals surface area (Å²) in [7, 11) is 2.11. The molecule has 2 heterocycles. The van der Waals surface area contributed by atoms with E-state index in [0.717, 1.165) is 45.6 Å². The van der Waals surface area contributed by atoms with Crippen molar-refractivity contribution in [1.29, 1.82) is 0 Å². The van der Waals surface area contributed by atoms with Crippen LogP contribution in [0.25, 0.3) is 0 Å². The number of nitrogens with zero attached hydrogens (tertiary/aromatic N) is 3. The monoisotopic (exact) mass is 311 g/mol. The van der Waals surface area contributed by atoms with E-state index >= 15 is 0 Å². The molecule has 2 aliphatic heterocycles. The van der Waals surface area contributed by atoms with Crippen molar-refractivity contribution in [3.05, 3.63) is 0 Å². The van der Waals surface area contributed by atoms with Crippen LogP contribution >= 0.6 is 0 Å². The van der Waals surface area contributed by atoms with Gasteiger partial charge in [-0.05, 0) is 59.2 Å². The second kappa shape index (κ2) is 8.27. The van der Waals surface area contributed by atoms with Crippen LogP contribution in [0.4, 0.5) is 0 Å². The highest BCUT2D eigenvalue weighted by atomic mass is 16.3. The number of piperidine rings is 2. The highest BCUT2D eigenvalue weighted by molar-refractivity contribution is 5.77. The predicted octanol–water partition coefficient (Wildman–Crippen LogP) is 1.02. The maximum absolute atomic E-state index is 11.9. The molecule has 0 aliphatic carbocycles. The number of likely N-dealkylation sites (tertiary alicyclic amines) is 2. The number of amides is 1. The van der Waals surface area contributed by atoms with Gasteiger partial charge in [0, 0.05) is 38.1 Å². The lowest BCUT2D eigenvalue weighted by Crippen LogP contribution is -2.49. The molecule has 1 amide bonds. The average molecular weight is 311 g/mol. The molecular weight excluding hydrogens is 278 g/mol. The fourth-order valence-corrected chi connectivity index (χ4v) is 3.84. The van der Waals surface area contributed by atoms with Gasteiger partial charge >= 0.3 is 0 Å². The molecule has 22 heavy (non-hydrogen) atoms. The molecule has 1 atom stereocenters. The number of aliphatic hydroxyl groups is 1. The van der Waals surface area contributed by atoms with Gasteiger partial charge in [0.25, 0.3) is 0 Å². The first-order valence-corrected chi connectivity index (χ1v) is 8.84. The van der Waals surface area contributed by atoms with Crippen LogP contribution in [-0.2, 0) is 4.79 Å². The summed E-state index contributed by atoms with van der Waals surface area (Å²) in [5.74, 6) is 0.961. The molecule has 1 N–H and O–H groups in total. The molecule has 0 spiro atoms. The Morgan fingerprint density at radius 2 is 1.95 bits per heavy atom. The first-order valence-electron chi connectivity index (χ1n) is 8.84. The van der Waals surface area contributed by atoms with E-state index in [9.17, 15) is 4.79 Å². The molecule has 2 rings (SSSR count). The van der Waals surface area contributed by atoms with Crippen molar-refractivity contribution in [2.24, 2.45) is 5.92 Å². The molecule has 0 bridgehead atoms. The normalized spacial score (nSPS) is 25.5. The summed E-state index contributed by atoms with van der Waals surface area (Å²) in [6.07, 6.45) is 4.15. The SMILES string of the molecule is CC(C)N1CC(CN2CCC(N(C)CCO)CC2)CCC1=O. The Hall–Kier alpha value is -0.650. The number of likely N-dealkylation sites (N-methyl/N-ethyl adjacent to an activating group) is 1. The summed E-state index contributed by atoms with van der Waals surface area (Å²) in [4.78, 5) is 18.9. The third-order valence-electron chi connectivity index (χ3n) is 5.31. The van der Waals surface area contributed by atoms with Crippen molar-refractivity contribution in [3.63, 3.8) is 0 Å². The number of hydrogen-bond acceptors (Lipinski definition) is 4. The predicted molar refractivity (Wildman–Crippen MR) is 88.8 cm³/mol. The van der Waals surface area contributed by atoms with Crippen LogP contribution in [0.5, 0.6) is 0 Å². The van der Waals surface area contributed by atoms with Gasteiger partial charge in [0.15, 0.2) is 0 Å². The van der Waals surface area contributed by atoms with Crippen LogP contribution in [0.2, 0.25) is 0 Å². The first kappa shape index (κ1) is 17.7. The molecule has 0 aromatic heterocycles. The van der Waals surface area contributed by atoms with Gasteiger partial charge < -0.3 is 19.8 Å². The summed E-state index contributed by atoms with van der Waals surface area (Å²) in [6, 6.07) is 0.941. The Labute approximate surface area is 135 Å². The zero-order valence-corrected chi connectivity index (χ0v) is 14.5. The zero-order valence-electron chi connectivity index (χ0n) is 14.5. The van der Waals surface area contributed by atoms with E-state index in [2.05, 4.69) is 35.6 Å². The molecule has 5 heteroatoms. The second-order valence-electron chi connectivity index (χ2n) is 7.28. The topological polar surface area (TPSA) is 47.0 Å². The van der Waals surface area contributed by atoms with Crippen LogP contribution in [0.3, 0.4) is 0 Å². The van der Waals surface area contributed by atoms with Crippen molar-refractivity contribution in [1.82, 2.24) is 14.7 Å². The van der Waals surface area contributed by atoms with Crippen molar-refractivity contribution < 1.29 is 9.90 Å². The standard InChI is InChI=1S/C17H33N3O2/c1-14(2)20-13-15(4-5-17(20)22)12-19-8-6-16(7-9-19)18(3)10-11-21/h14-16,21H,4-13H2,1-3H3. The van der Waals surface area contributed by atoms with Crippen LogP contribution in [-0.4, -0.2) is 84.2 Å². The van der Waals surface area contributed by atoms with Crippen molar-refractivity contribution in [2.45, 2.75) is 51.6 Å². The van der Waals surface area contributed by atoms with Gasteiger partial charge in [-0.1, -0.05) is 0 Å². The van der Waals surface area contributed by atoms with Crippen LogP contribution in [0, 0.1) is 5.92 Å². The fraction of sp³-hybridized carbons (Fsp3) is 0.941. The summed E-state index contributed by atoms with van der Waals surface area (Å²) >= 11 is 0. The maximum Gasteiger partial charge on any atom is 0.222 e. The van der Waals surface area contributed by atoms with E-state index < -0.39 is 0 Å². The van der Waals surface area contributed by atoms with Gasteiger partial charge in [-0.15, -0.1) is 0 Å². The van der Waals surface area contributed by atoms with Crippen molar-refractivity contribution >= 4 is 5.91 Å². The Morgan fingerprint density at radius 3 is 2.55 bits per heavy atom. The second-order valence-corrected chi connectivity index (χ2v) is 7.28. The van der Waals surface area contributed by atoms with Crippen LogP contribution in [0.15, 0.2) is 0 Å². The molecule has 0 saturated carbocycles.